The molecule has 0 spiro atoms. The molecule has 6 nitrogen and oxygen atoms in total. The predicted octanol–water partition coefficient (Wildman–Crippen LogP) is 2.49. The zero-order valence-corrected chi connectivity index (χ0v) is 14.8. The van der Waals surface area contributed by atoms with E-state index in [1.807, 2.05) is 27.7 Å². The molecular weight excluding hydrogens is 306 g/mol. The average Bonchev–Trinajstić information content (AvgIpc) is 2.51. The Labute approximate surface area is 143 Å². The first kappa shape index (κ1) is 19.7. The van der Waals surface area contributed by atoms with Gasteiger partial charge in [-0.25, -0.2) is 0 Å². The number of rotatable bonds is 7. The molecule has 1 rings (SSSR count). The molecule has 24 heavy (non-hydrogen) atoms. The van der Waals surface area contributed by atoms with Gasteiger partial charge in [0.05, 0.1) is 24.0 Å². The van der Waals surface area contributed by atoms with Crippen LogP contribution in [0.5, 0.6) is 5.75 Å². The van der Waals surface area contributed by atoms with Crippen LogP contribution in [0.25, 0.3) is 0 Å². The van der Waals surface area contributed by atoms with E-state index in [0.717, 1.165) is 11.1 Å². The summed E-state index contributed by atoms with van der Waals surface area (Å²) in [6, 6.07) is 4.48. The van der Waals surface area contributed by atoms with Crippen molar-refractivity contribution < 1.29 is 14.3 Å². The van der Waals surface area contributed by atoms with Crippen molar-refractivity contribution in [1.29, 1.82) is 10.7 Å². The van der Waals surface area contributed by atoms with E-state index in [0.29, 0.717) is 11.3 Å². The fourth-order valence-electron chi connectivity index (χ4n) is 2.34. The molecule has 0 bridgehead atoms. The maximum atomic E-state index is 12.0. The summed E-state index contributed by atoms with van der Waals surface area (Å²) in [4.78, 5) is 12.0. The maximum Gasteiger partial charge on any atom is 0.327 e. The van der Waals surface area contributed by atoms with Gasteiger partial charge in [0.15, 0.2) is 6.10 Å². The molecule has 0 heterocycles. The lowest BCUT2D eigenvalue weighted by Gasteiger charge is -2.26. The van der Waals surface area contributed by atoms with Crippen molar-refractivity contribution in [3.63, 3.8) is 0 Å². The summed E-state index contributed by atoms with van der Waals surface area (Å²) in [6.07, 6.45) is -0.921. The van der Waals surface area contributed by atoms with Gasteiger partial charge in [0.2, 0.25) is 0 Å². The molecule has 1 aromatic rings. The molecule has 0 fully saturated rings. The average molecular weight is 331 g/mol. The van der Waals surface area contributed by atoms with Crippen molar-refractivity contribution in [2.45, 2.75) is 46.8 Å². The van der Waals surface area contributed by atoms with Crippen molar-refractivity contribution in [1.82, 2.24) is 0 Å². The third-order valence-corrected chi connectivity index (χ3v) is 3.69. The number of hydrogen-bond donors (Lipinski definition) is 2. The zero-order valence-electron chi connectivity index (χ0n) is 14.8. The van der Waals surface area contributed by atoms with Crippen LogP contribution in [-0.2, 0) is 9.53 Å². The smallest absolute Gasteiger partial charge is 0.327 e. The minimum absolute atomic E-state index is 0.129. The standard InChI is InChI=1S/C18H25N3O3/c1-6-23-18(22)16(21)17(15(20)10(2)3)24-13-7-11(4)14(9-19)12(5)8-13/h7-8,10,16-17,20H,6,21H2,1-5H3. The predicted molar refractivity (Wildman–Crippen MR) is 92.2 cm³/mol. The Hall–Kier alpha value is -2.39. The number of benzene rings is 1. The molecule has 2 atom stereocenters. The van der Waals surface area contributed by atoms with Crippen molar-refractivity contribution in [3.8, 4) is 11.8 Å². The number of aryl methyl sites for hydroxylation is 2. The van der Waals surface area contributed by atoms with Crippen LogP contribution in [0.15, 0.2) is 12.1 Å². The topological polar surface area (TPSA) is 109 Å². The molecule has 2 unspecified atom stereocenters. The number of ether oxygens (including phenoxy) is 2. The highest BCUT2D eigenvalue weighted by atomic mass is 16.5. The first-order chi connectivity index (χ1) is 11.2. The Kier molecular flexibility index (Phi) is 6.93. The summed E-state index contributed by atoms with van der Waals surface area (Å²) in [5.74, 6) is -0.259. The molecule has 0 radical (unpaired) electrons. The Morgan fingerprint density at radius 2 is 1.88 bits per heavy atom. The molecule has 0 amide bonds. The van der Waals surface area contributed by atoms with Crippen LogP contribution in [0.1, 0.15) is 37.5 Å². The highest BCUT2D eigenvalue weighted by Gasteiger charge is 2.32. The van der Waals surface area contributed by atoms with Gasteiger partial charge in [-0.1, -0.05) is 13.8 Å². The van der Waals surface area contributed by atoms with Gasteiger partial charge >= 0.3 is 5.97 Å². The number of esters is 1. The second kappa shape index (κ2) is 8.46. The van der Waals surface area contributed by atoms with Gasteiger partial charge in [-0.15, -0.1) is 0 Å². The molecule has 6 heteroatoms. The Balaban J connectivity index is 3.16. The third-order valence-electron chi connectivity index (χ3n) is 3.69. The van der Waals surface area contributed by atoms with E-state index >= 15 is 0 Å². The molecule has 0 saturated carbocycles. The van der Waals surface area contributed by atoms with Crippen molar-refractivity contribution in [2.75, 3.05) is 6.61 Å². The number of carbonyl (C=O) groups is 1. The number of nitrogens with zero attached hydrogens (tertiary/aromatic N) is 1. The van der Waals surface area contributed by atoms with Crippen LogP contribution in [0.3, 0.4) is 0 Å². The van der Waals surface area contributed by atoms with Crippen LogP contribution in [0.4, 0.5) is 0 Å². The summed E-state index contributed by atoms with van der Waals surface area (Å²) >= 11 is 0. The number of hydrogen-bond acceptors (Lipinski definition) is 6. The molecule has 130 valence electrons. The fraction of sp³-hybridized carbons (Fsp3) is 0.500. The lowest BCUT2D eigenvalue weighted by atomic mass is 9.97. The normalized spacial score (nSPS) is 13.1. The van der Waals surface area contributed by atoms with E-state index in [1.54, 1.807) is 19.1 Å². The van der Waals surface area contributed by atoms with Crippen LogP contribution in [0.2, 0.25) is 0 Å². The van der Waals surface area contributed by atoms with E-state index in [1.165, 1.54) is 0 Å². The quantitative estimate of drug-likeness (QED) is 0.589. The Morgan fingerprint density at radius 1 is 1.33 bits per heavy atom. The fourth-order valence-corrected chi connectivity index (χ4v) is 2.34. The highest BCUT2D eigenvalue weighted by Crippen LogP contribution is 2.23. The van der Waals surface area contributed by atoms with E-state index in [4.69, 9.17) is 25.9 Å². The second-order valence-corrected chi connectivity index (χ2v) is 5.97. The minimum atomic E-state index is -1.09. The van der Waals surface area contributed by atoms with Crippen LogP contribution in [0, 0.1) is 36.5 Å². The van der Waals surface area contributed by atoms with Crippen LogP contribution in [-0.4, -0.2) is 30.4 Å². The van der Waals surface area contributed by atoms with Gasteiger partial charge in [0, 0.05) is 0 Å². The lowest BCUT2D eigenvalue weighted by molar-refractivity contribution is -0.146. The number of nitriles is 1. The summed E-state index contributed by atoms with van der Waals surface area (Å²) in [7, 11) is 0. The van der Waals surface area contributed by atoms with E-state index in [9.17, 15) is 4.79 Å². The summed E-state index contributed by atoms with van der Waals surface area (Å²) in [6.45, 7) is 9.21. The van der Waals surface area contributed by atoms with Gasteiger partial charge in [0.1, 0.15) is 11.8 Å². The van der Waals surface area contributed by atoms with Gasteiger partial charge < -0.3 is 20.6 Å². The number of nitrogens with two attached hydrogens (primary N) is 1. The SMILES string of the molecule is CCOC(=O)C(N)C(Oc1cc(C)c(C#N)c(C)c1)C(=N)C(C)C. The molecule has 0 aliphatic carbocycles. The van der Waals surface area contributed by atoms with Gasteiger partial charge in [0.25, 0.3) is 0 Å². The van der Waals surface area contributed by atoms with Crippen molar-refractivity contribution in [2.24, 2.45) is 11.7 Å². The van der Waals surface area contributed by atoms with E-state index in [2.05, 4.69) is 6.07 Å². The van der Waals surface area contributed by atoms with Gasteiger partial charge in [-0.05, 0) is 49.9 Å². The van der Waals surface area contributed by atoms with Crippen LogP contribution < -0.4 is 10.5 Å². The molecule has 1 aromatic carbocycles. The summed E-state index contributed by atoms with van der Waals surface area (Å²) in [5.41, 5.74) is 8.32. The Bertz CT molecular complexity index is 639. The summed E-state index contributed by atoms with van der Waals surface area (Å²) in [5, 5.41) is 17.4. The van der Waals surface area contributed by atoms with Gasteiger partial charge in [-0.3, -0.25) is 4.79 Å². The number of nitrogens with one attached hydrogen (secondary N) is 1. The molecule has 3 N–H and O–H groups in total. The first-order valence-corrected chi connectivity index (χ1v) is 7.91. The largest absolute Gasteiger partial charge is 0.482 e. The van der Waals surface area contributed by atoms with E-state index in [-0.39, 0.29) is 18.2 Å². The lowest BCUT2D eigenvalue weighted by Crippen LogP contribution is -2.51. The molecule has 0 aliphatic heterocycles. The molecule has 0 saturated heterocycles. The first-order valence-electron chi connectivity index (χ1n) is 7.91. The highest BCUT2D eigenvalue weighted by molar-refractivity contribution is 5.93. The monoisotopic (exact) mass is 331 g/mol. The summed E-state index contributed by atoms with van der Waals surface area (Å²) < 4.78 is 10.8. The number of carbonyl (C=O) groups excluding carboxylic acids is 1. The molecule has 0 aliphatic rings. The zero-order chi connectivity index (χ0) is 18.4. The Morgan fingerprint density at radius 3 is 2.29 bits per heavy atom. The third kappa shape index (κ3) is 4.56. The molecule has 0 aromatic heterocycles. The molecular formula is C18H25N3O3. The van der Waals surface area contributed by atoms with E-state index < -0.39 is 18.1 Å². The minimum Gasteiger partial charge on any atom is -0.482 e. The second-order valence-electron chi connectivity index (χ2n) is 5.97. The van der Waals surface area contributed by atoms with Crippen molar-refractivity contribution in [3.05, 3.63) is 28.8 Å². The van der Waals surface area contributed by atoms with Crippen molar-refractivity contribution >= 4 is 11.7 Å². The van der Waals surface area contributed by atoms with Gasteiger partial charge in [-0.2, -0.15) is 5.26 Å². The van der Waals surface area contributed by atoms with Crippen LogP contribution >= 0.6 is 0 Å². The maximum absolute atomic E-state index is 12.0.